The van der Waals surface area contributed by atoms with Gasteiger partial charge in [-0.3, -0.25) is 9.59 Å². The van der Waals surface area contributed by atoms with E-state index in [1.165, 1.54) is 6.08 Å². The van der Waals surface area contributed by atoms with Gasteiger partial charge in [0.15, 0.2) is 5.78 Å². The van der Waals surface area contributed by atoms with E-state index in [1.807, 2.05) is 0 Å². The third kappa shape index (κ3) is 1.78. The van der Waals surface area contributed by atoms with Crippen molar-refractivity contribution in [3.63, 3.8) is 0 Å². The molecule has 0 aromatic heterocycles. The SMILES string of the molecule is O=CC=C1C[C@@H](O)C(=O)[C@H](O)C1. The zero-order valence-electron chi connectivity index (χ0n) is 6.43. The van der Waals surface area contributed by atoms with Crippen LogP contribution in [0.3, 0.4) is 0 Å². The van der Waals surface area contributed by atoms with Crippen molar-refractivity contribution in [2.75, 3.05) is 0 Å². The molecule has 0 unspecified atom stereocenters. The maximum atomic E-state index is 10.9. The summed E-state index contributed by atoms with van der Waals surface area (Å²) in [7, 11) is 0. The van der Waals surface area contributed by atoms with Crippen molar-refractivity contribution in [3.05, 3.63) is 11.6 Å². The molecule has 0 amide bonds. The fourth-order valence-electron chi connectivity index (χ4n) is 1.24. The highest BCUT2D eigenvalue weighted by Gasteiger charge is 2.30. The summed E-state index contributed by atoms with van der Waals surface area (Å²) in [6.07, 6.45) is -0.118. The van der Waals surface area contributed by atoms with E-state index in [9.17, 15) is 9.59 Å². The van der Waals surface area contributed by atoms with Gasteiger partial charge in [0, 0.05) is 12.8 Å². The van der Waals surface area contributed by atoms with E-state index in [2.05, 4.69) is 0 Å². The predicted octanol–water partition coefficient (Wildman–Crippen LogP) is -0.804. The average molecular weight is 170 g/mol. The zero-order valence-corrected chi connectivity index (χ0v) is 6.43. The van der Waals surface area contributed by atoms with Crippen molar-refractivity contribution in [2.24, 2.45) is 0 Å². The predicted molar refractivity (Wildman–Crippen MR) is 40.4 cm³/mol. The molecule has 0 aromatic carbocycles. The van der Waals surface area contributed by atoms with Crippen molar-refractivity contribution in [3.8, 4) is 0 Å². The number of aliphatic hydroxyl groups excluding tert-OH is 2. The van der Waals surface area contributed by atoms with Crippen LogP contribution in [0.1, 0.15) is 12.8 Å². The smallest absolute Gasteiger partial charge is 0.190 e. The Bertz CT molecular complexity index is 215. The molecule has 0 aliphatic heterocycles. The molecule has 12 heavy (non-hydrogen) atoms. The second-order valence-corrected chi connectivity index (χ2v) is 2.80. The van der Waals surface area contributed by atoms with Crippen LogP contribution in [0.4, 0.5) is 0 Å². The van der Waals surface area contributed by atoms with Gasteiger partial charge < -0.3 is 10.2 Å². The molecular weight excluding hydrogens is 160 g/mol. The summed E-state index contributed by atoms with van der Waals surface area (Å²) >= 11 is 0. The van der Waals surface area contributed by atoms with E-state index in [0.29, 0.717) is 11.9 Å². The van der Waals surface area contributed by atoms with Crippen molar-refractivity contribution in [1.82, 2.24) is 0 Å². The molecule has 0 saturated heterocycles. The van der Waals surface area contributed by atoms with Crippen molar-refractivity contribution < 1.29 is 19.8 Å². The minimum absolute atomic E-state index is 0.161. The summed E-state index contributed by atoms with van der Waals surface area (Å²) in [5, 5.41) is 18.2. The first-order valence-corrected chi connectivity index (χ1v) is 3.68. The molecule has 0 aromatic rings. The van der Waals surface area contributed by atoms with Gasteiger partial charge in [-0.15, -0.1) is 0 Å². The molecule has 4 nitrogen and oxygen atoms in total. The molecule has 66 valence electrons. The Labute approximate surface area is 69.5 Å². The lowest BCUT2D eigenvalue weighted by Crippen LogP contribution is -2.37. The highest BCUT2D eigenvalue weighted by atomic mass is 16.3. The lowest BCUT2D eigenvalue weighted by Gasteiger charge is -2.22. The first-order chi connectivity index (χ1) is 5.65. The van der Waals surface area contributed by atoms with E-state index in [-0.39, 0.29) is 12.8 Å². The van der Waals surface area contributed by atoms with Crippen LogP contribution in [-0.4, -0.2) is 34.5 Å². The van der Waals surface area contributed by atoms with Crippen molar-refractivity contribution in [2.45, 2.75) is 25.0 Å². The summed E-state index contributed by atoms with van der Waals surface area (Å²) in [5.74, 6) is -0.557. The molecule has 2 N–H and O–H groups in total. The van der Waals surface area contributed by atoms with Gasteiger partial charge in [0.1, 0.15) is 18.5 Å². The van der Waals surface area contributed by atoms with E-state index in [0.717, 1.165) is 0 Å². The van der Waals surface area contributed by atoms with Gasteiger partial charge >= 0.3 is 0 Å². The molecule has 1 fully saturated rings. The van der Waals surface area contributed by atoms with Crippen LogP contribution < -0.4 is 0 Å². The number of ketones is 1. The number of hydrogen-bond donors (Lipinski definition) is 2. The largest absolute Gasteiger partial charge is 0.385 e. The number of aliphatic hydroxyl groups is 2. The van der Waals surface area contributed by atoms with Gasteiger partial charge in [0.05, 0.1) is 0 Å². The molecule has 1 aliphatic carbocycles. The highest BCUT2D eigenvalue weighted by molar-refractivity contribution is 5.89. The Morgan fingerprint density at radius 1 is 1.25 bits per heavy atom. The Morgan fingerprint density at radius 2 is 1.75 bits per heavy atom. The fraction of sp³-hybridized carbons (Fsp3) is 0.500. The van der Waals surface area contributed by atoms with Crippen LogP contribution in [0.25, 0.3) is 0 Å². The number of allylic oxidation sites excluding steroid dienone is 1. The lowest BCUT2D eigenvalue weighted by atomic mass is 9.89. The molecular formula is C8H10O4. The summed E-state index contributed by atoms with van der Waals surface area (Å²) in [4.78, 5) is 20.9. The molecule has 0 bridgehead atoms. The minimum Gasteiger partial charge on any atom is -0.385 e. The van der Waals surface area contributed by atoms with Crippen LogP contribution in [0.15, 0.2) is 11.6 Å². The Balaban J connectivity index is 2.72. The summed E-state index contributed by atoms with van der Waals surface area (Å²) < 4.78 is 0. The average Bonchev–Trinajstić information content (AvgIpc) is 2.01. The Hall–Kier alpha value is -1.00. The standard InChI is InChI=1S/C8H10O4/c9-2-1-5-3-6(10)8(12)7(11)4-5/h1-2,6-7,10-11H,3-4H2/t6-,7-/m1/s1. The normalized spacial score (nSPS) is 30.2. The number of hydrogen-bond acceptors (Lipinski definition) is 4. The highest BCUT2D eigenvalue weighted by Crippen LogP contribution is 2.20. The molecule has 0 spiro atoms. The van der Waals surface area contributed by atoms with Crippen LogP contribution in [0.2, 0.25) is 0 Å². The summed E-state index contributed by atoms with van der Waals surface area (Å²) in [5.41, 5.74) is 0.615. The fourth-order valence-corrected chi connectivity index (χ4v) is 1.24. The third-order valence-corrected chi connectivity index (χ3v) is 1.87. The first kappa shape index (κ1) is 9.09. The molecule has 1 saturated carbocycles. The van der Waals surface area contributed by atoms with Gasteiger partial charge in [0.2, 0.25) is 0 Å². The monoisotopic (exact) mass is 170 g/mol. The maximum Gasteiger partial charge on any atom is 0.190 e. The summed E-state index contributed by atoms with van der Waals surface area (Å²) in [6, 6.07) is 0. The van der Waals surface area contributed by atoms with Gasteiger partial charge in [-0.2, -0.15) is 0 Å². The van der Waals surface area contributed by atoms with E-state index in [1.54, 1.807) is 0 Å². The van der Waals surface area contributed by atoms with Gasteiger partial charge in [-0.05, 0) is 6.08 Å². The quantitative estimate of drug-likeness (QED) is 0.399. The molecule has 4 heteroatoms. The van der Waals surface area contributed by atoms with E-state index >= 15 is 0 Å². The molecule has 1 rings (SSSR count). The van der Waals surface area contributed by atoms with Crippen LogP contribution in [-0.2, 0) is 9.59 Å². The molecule has 1 aliphatic rings. The topological polar surface area (TPSA) is 74.6 Å². The number of carbonyl (C=O) groups is 2. The number of aldehydes is 1. The number of Topliss-reactive ketones (excluding diaryl/α,β-unsaturated/α-hetero) is 1. The zero-order chi connectivity index (χ0) is 9.14. The van der Waals surface area contributed by atoms with Gasteiger partial charge in [-0.25, -0.2) is 0 Å². The maximum absolute atomic E-state index is 10.9. The third-order valence-electron chi connectivity index (χ3n) is 1.87. The number of rotatable bonds is 1. The van der Waals surface area contributed by atoms with E-state index in [4.69, 9.17) is 10.2 Å². The van der Waals surface area contributed by atoms with Crippen molar-refractivity contribution >= 4 is 12.1 Å². The molecule has 0 radical (unpaired) electrons. The molecule has 0 heterocycles. The van der Waals surface area contributed by atoms with Crippen LogP contribution >= 0.6 is 0 Å². The first-order valence-electron chi connectivity index (χ1n) is 3.68. The molecule has 2 atom stereocenters. The van der Waals surface area contributed by atoms with Gasteiger partial charge in [-0.1, -0.05) is 5.57 Å². The second-order valence-electron chi connectivity index (χ2n) is 2.80. The minimum atomic E-state index is -1.15. The van der Waals surface area contributed by atoms with E-state index < -0.39 is 18.0 Å². The van der Waals surface area contributed by atoms with Crippen LogP contribution in [0, 0.1) is 0 Å². The second kappa shape index (κ2) is 3.60. The van der Waals surface area contributed by atoms with Crippen LogP contribution in [0.5, 0.6) is 0 Å². The Morgan fingerprint density at radius 3 is 2.17 bits per heavy atom. The Kier molecular flexibility index (Phi) is 2.73. The van der Waals surface area contributed by atoms with Crippen molar-refractivity contribution in [1.29, 1.82) is 0 Å². The number of carbonyl (C=O) groups excluding carboxylic acids is 2. The lowest BCUT2D eigenvalue weighted by molar-refractivity contribution is -0.137. The van der Waals surface area contributed by atoms with Gasteiger partial charge in [0.25, 0.3) is 0 Å². The summed E-state index contributed by atoms with van der Waals surface area (Å²) in [6.45, 7) is 0.